The minimum absolute atomic E-state index is 0.207. The van der Waals surface area contributed by atoms with Gasteiger partial charge in [-0.1, -0.05) is 13.8 Å². The quantitative estimate of drug-likeness (QED) is 0.325. The molecule has 4 heterocycles. The predicted octanol–water partition coefficient (Wildman–Crippen LogP) is 5.98. The molecule has 4 saturated heterocycles. The molecule has 4 fully saturated rings. The molecule has 0 aliphatic carbocycles. The first-order valence-corrected chi connectivity index (χ1v) is 21.5. The Morgan fingerprint density at radius 1 is 0.648 bits per heavy atom. The molecule has 4 aliphatic rings. The van der Waals surface area contributed by atoms with Gasteiger partial charge in [-0.2, -0.15) is 0 Å². The topological polar surface area (TPSA) is 86.9 Å². The number of piperazine rings is 2. The van der Waals surface area contributed by atoms with E-state index in [-0.39, 0.29) is 5.91 Å². The lowest BCUT2D eigenvalue weighted by Crippen LogP contribution is -2.50. The van der Waals surface area contributed by atoms with E-state index in [1.54, 1.807) is 14.0 Å². The molecule has 0 radical (unpaired) electrons. The van der Waals surface area contributed by atoms with Crippen LogP contribution in [0.1, 0.15) is 130 Å². The highest BCUT2D eigenvalue weighted by Crippen LogP contribution is 2.12. The van der Waals surface area contributed by atoms with Gasteiger partial charge in [-0.3, -0.25) is 19.4 Å². The van der Waals surface area contributed by atoms with Crippen LogP contribution in [0.2, 0.25) is 0 Å². The number of ether oxygens (including phenoxy) is 1. The van der Waals surface area contributed by atoms with Gasteiger partial charge in [0, 0.05) is 116 Å². The van der Waals surface area contributed by atoms with Gasteiger partial charge in [0.15, 0.2) is 0 Å². The Balaban J connectivity index is -0.000000575. The van der Waals surface area contributed by atoms with Crippen LogP contribution in [-0.4, -0.2) is 184 Å². The number of likely N-dealkylation sites (tertiary alicyclic amines) is 2. The predicted molar refractivity (Wildman–Crippen MR) is 236 cm³/mol. The fourth-order valence-corrected chi connectivity index (χ4v) is 5.22. The second-order valence-corrected chi connectivity index (χ2v) is 16.9. The van der Waals surface area contributed by atoms with Crippen molar-refractivity contribution in [3.8, 4) is 0 Å². The van der Waals surface area contributed by atoms with Crippen LogP contribution in [0, 0.1) is 0 Å². The van der Waals surface area contributed by atoms with Gasteiger partial charge >= 0.3 is 0 Å². The van der Waals surface area contributed by atoms with Crippen LogP contribution in [0.15, 0.2) is 0 Å². The number of nitrogens with one attached hydrogen (secondary N) is 2. The first-order chi connectivity index (χ1) is 25.1. The molecular formula is C43H96N8O3. The van der Waals surface area contributed by atoms with Crippen LogP contribution in [0.25, 0.3) is 0 Å². The number of carbonyl (C=O) groups excluding carboxylic acids is 2. The van der Waals surface area contributed by atoms with E-state index >= 15 is 0 Å². The van der Waals surface area contributed by atoms with Gasteiger partial charge in [0.25, 0.3) is 0 Å². The van der Waals surface area contributed by atoms with E-state index in [1.807, 2.05) is 30.7 Å². The molecule has 0 saturated carbocycles. The average Bonchev–Trinajstić information content (AvgIpc) is 3.83. The van der Waals surface area contributed by atoms with Crippen molar-refractivity contribution in [1.82, 2.24) is 40.0 Å². The van der Waals surface area contributed by atoms with Crippen molar-refractivity contribution in [1.29, 1.82) is 0 Å². The SMILES string of the molecule is CC(=O)N1CCN(C(C)C)CC1.CC(C)N(C)C.CC(C)N1CCCC1.CC(C)N1CCCC1=O.CC(C)N1CCNCC1.CNC(C)C.COC(C)C. The van der Waals surface area contributed by atoms with Crippen LogP contribution in [0.5, 0.6) is 0 Å². The van der Waals surface area contributed by atoms with Crippen molar-refractivity contribution in [2.24, 2.45) is 0 Å². The number of hydrogen-bond acceptors (Lipinski definition) is 9. The third-order valence-corrected chi connectivity index (χ3v) is 10.1. The normalized spacial score (nSPS) is 18.0. The molecule has 2 N–H and O–H groups in total. The number of methoxy groups -OCH3 is 1. The molecular weight excluding hydrogens is 677 g/mol. The first kappa shape index (κ1) is 57.0. The fraction of sp³-hybridized carbons (Fsp3) is 0.953. The lowest BCUT2D eigenvalue weighted by molar-refractivity contribution is -0.131. The molecule has 0 aromatic heterocycles. The van der Waals surface area contributed by atoms with Crippen LogP contribution in [-0.2, 0) is 14.3 Å². The Morgan fingerprint density at radius 2 is 1.02 bits per heavy atom. The van der Waals surface area contributed by atoms with Crippen LogP contribution in [0.3, 0.4) is 0 Å². The molecule has 2 amide bonds. The number of hydrogen-bond donors (Lipinski definition) is 2. The van der Waals surface area contributed by atoms with E-state index in [4.69, 9.17) is 4.74 Å². The molecule has 0 bridgehead atoms. The minimum atomic E-state index is 0.207. The summed E-state index contributed by atoms with van der Waals surface area (Å²) in [5.74, 6) is 0.531. The van der Waals surface area contributed by atoms with E-state index in [2.05, 4.69) is 127 Å². The van der Waals surface area contributed by atoms with Crippen LogP contribution in [0.4, 0.5) is 0 Å². The standard InChI is InChI=1S/C9H18N2O.C7H16N2.C7H13NO.C7H15N.C5H13N.C4H11N.C4H10O/c1-8(2)10-4-6-11(7-5-10)9(3)12;1-7(2)9-5-3-8-4-6-9;1-6(2)8-5-3-4-7(8)9;1-7(2)8-5-3-4-6-8;1-5(2)6(3)4;2*1-4(2)5-3/h8H,4-7H2,1-3H3;7-8H,3-6H2,1-2H3;6H,3-5H2,1-2H3;7H,3-6H2,1-2H3;5H,1-4H3;4-5H,1-3H3;4H,1-3H3. The summed E-state index contributed by atoms with van der Waals surface area (Å²) in [5.41, 5.74) is 0. The maximum absolute atomic E-state index is 11.0. The van der Waals surface area contributed by atoms with Gasteiger partial charge in [-0.05, 0) is 137 Å². The Kier molecular flexibility index (Phi) is 36.8. The average molecular weight is 773 g/mol. The molecule has 326 valence electrons. The van der Waals surface area contributed by atoms with Gasteiger partial charge < -0.3 is 35.0 Å². The zero-order chi connectivity index (χ0) is 42.4. The van der Waals surface area contributed by atoms with Crippen molar-refractivity contribution >= 4 is 11.8 Å². The van der Waals surface area contributed by atoms with E-state index in [0.717, 1.165) is 70.7 Å². The highest BCUT2D eigenvalue weighted by molar-refractivity contribution is 5.78. The Labute approximate surface area is 337 Å². The molecule has 11 heteroatoms. The van der Waals surface area contributed by atoms with E-state index in [9.17, 15) is 9.59 Å². The monoisotopic (exact) mass is 773 g/mol. The highest BCUT2D eigenvalue weighted by atomic mass is 16.5. The molecule has 0 spiro atoms. The van der Waals surface area contributed by atoms with Crippen LogP contribution < -0.4 is 10.6 Å². The minimum Gasteiger partial charge on any atom is -0.382 e. The molecule has 0 aromatic rings. The number of nitrogens with zero attached hydrogens (tertiary/aromatic N) is 6. The molecule has 0 unspecified atom stereocenters. The summed E-state index contributed by atoms with van der Waals surface area (Å²) in [6.07, 6.45) is 5.03. The first-order valence-electron chi connectivity index (χ1n) is 21.5. The number of carbonyl (C=O) groups is 2. The lowest BCUT2D eigenvalue weighted by Gasteiger charge is -2.36. The summed E-state index contributed by atoms with van der Waals surface area (Å²) >= 11 is 0. The largest absolute Gasteiger partial charge is 0.382 e. The van der Waals surface area contributed by atoms with E-state index < -0.39 is 0 Å². The van der Waals surface area contributed by atoms with Crippen molar-refractivity contribution in [2.45, 2.75) is 172 Å². The summed E-state index contributed by atoms with van der Waals surface area (Å²) < 4.78 is 4.75. The Bertz CT molecular complexity index is 834. The smallest absolute Gasteiger partial charge is 0.222 e. The highest BCUT2D eigenvalue weighted by Gasteiger charge is 2.22. The molecule has 4 rings (SSSR count). The van der Waals surface area contributed by atoms with E-state index in [0.29, 0.717) is 36.2 Å². The molecule has 54 heavy (non-hydrogen) atoms. The second kappa shape index (κ2) is 34.9. The molecule has 11 nitrogen and oxygen atoms in total. The van der Waals surface area contributed by atoms with Crippen molar-refractivity contribution < 1.29 is 14.3 Å². The molecule has 0 aromatic carbocycles. The number of rotatable bonds is 7. The second-order valence-electron chi connectivity index (χ2n) is 16.9. The van der Waals surface area contributed by atoms with Gasteiger partial charge in [0.05, 0.1) is 6.10 Å². The summed E-state index contributed by atoms with van der Waals surface area (Å²) in [6, 6.07) is 3.84. The van der Waals surface area contributed by atoms with Crippen LogP contribution >= 0.6 is 0 Å². The Morgan fingerprint density at radius 3 is 1.22 bits per heavy atom. The van der Waals surface area contributed by atoms with Crippen molar-refractivity contribution in [3.05, 3.63) is 0 Å². The zero-order valence-electron chi connectivity index (χ0n) is 39.6. The molecule has 0 atom stereocenters. The Hall–Kier alpha value is -1.34. The summed E-state index contributed by atoms with van der Waals surface area (Å²) in [6.45, 7) is 44.0. The van der Waals surface area contributed by atoms with Gasteiger partial charge in [0.1, 0.15) is 0 Å². The maximum atomic E-state index is 11.0. The van der Waals surface area contributed by atoms with Gasteiger partial charge in [-0.25, -0.2) is 0 Å². The van der Waals surface area contributed by atoms with E-state index in [1.165, 1.54) is 39.0 Å². The zero-order valence-corrected chi connectivity index (χ0v) is 39.6. The summed E-state index contributed by atoms with van der Waals surface area (Å²) in [5, 5.41) is 6.36. The summed E-state index contributed by atoms with van der Waals surface area (Å²) in [4.78, 5) is 35.4. The third-order valence-electron chi connectivity index (χ3n) is 10.1. The van der Waals surface area contributed by atoms with Gasteiger partial charge in [-0.15, -0.1) is 0 Å². The maximum Gasteiger partial charge on any atom is 0.222 e. The summed E-state index contributed by atoms with van der Waals surface area (Å²) in [7, 11) is 7.80. The lowest BCUT2D eigenvalue weighted by atomic mass is 10.2. The van der Waals surface area contributed by atoms with Gasteiger partial charge in [0.2, 0.25) is 11.8 Å². The molecule has 4 aliphatic heterocycles. The van der Waals surface area contributed by atoms with Crippen molar-refractivity contribution in [3.63, 3.8) is 0 Å². The number of amides is 2. The fourth-order valence-electron chi connectivity index (χ4n) is 5.22. The van der Waals surface area contributed by atoms with Crippen molar-refractivity contribution in [2.75, 3.05) is 100 Å². The third kappa shape index (κ3) is 32.9.